The van der Waals surface area contributed by atoms with Crippen LogP contribution in [-0.2, 0) is 6.18 Å². The van der Waals surface area contributed by atoms with Crippen LogP contribution in [0, 0.1) is 0 Å². The lowest BCUT2D eigenvalue weighted by Gasteiger charge is -2.14. The van der Waals surface area contributed by atoms with Gasteiger partial charge in [-0.25, -0.2) is 4.79 Å². The van der Waals surface area contributed by atoms with E-state index in [4.69, 9.17) is 13.6 Å². The number of fused-ring (bicyclic) bond motifs is 2. The zero-order chi connectivity index (χ0) is 23.2. The van der Waals surface area contributed by atoms with Crippen molar-refractivity contribution < 1.29 is 31.5 Å². The Labute approximate surface area is 183 Å². The van der Waals surface area contributed by atoms with Gasteiger partial charge in [0.25, 0.3) is 0 Å². The maximum absolute atomic E-state index is 14.0. The van der Waals surface area contributed by atoms with E-state index < -0.39 is 28.9 Å². The molecule has 0 N–H and O–H groups in total. The first-order valence-corrected chi connectivity index (χ1v) is 9.75. The summed E-state index contributed by atoms with van der Waals surface area (Å²) in [5.74, 6) is -2.45. The van der Waals surface area contributed by atoms with E-state index in [9.17, 15) is 22.8 Å². The average molecular weight is 450 g/mol. The van der Waals surface area contributed by atoms with Crippen molar-refractivity contribution in [1.29, 1.82) is 0 Å². The summed E-state index contributed by atoms with van der Waals surface area (Å²) in [5, 5.41) is 1.09. The average Bonchev–Trinajstić information content (AvgIpc) is 3.33. The van der Waals surface area contributed by atoms with Crippen LogP contribution >= 0.6 is 0 Å². The van der Waals surface area contributed by atoms with Crippen LogP contribution in [0.1, 0.15) is 16.3 Å². The molecule has 2 aromatic heterocycles. The van der Waals surface area contributed by atoms with Gasteiger partial charge in [0.2, 0.25) is 16.9 Å². The van der Waals surface area contributed by atoms with Gasteiger partial charge in [0.15, 0.2) is 0 Å². The second-order valence-corrected chi connectivity index (χ2v) is 7.18. The molecule has 8 heteroatoms. The van der Waals surface area contributed by atoms with Crippen molar-refractivity contribution in [3.8, 4) is 16.9 Å². The summed E-state index contributed by atoms with van der Waals surface area (Å²) in [6.07, 6.45) is -3.67. The molecule has 0 bridgehead atoms. The number of carbonyl (C=O) groups is 1. The molecule has 0 amide bonds. The van der Waals surface area contributed by atoms with Crippen LogP contribution < -0.4 is 10.2 Å². The number of benzene rings is 3. The molecule has 0 radical (unpaired) electrons. The fourth-order valence-corrected chi connectivity index (χ4v) is 3.68. The van der Waals surface area contributed by atoms with Gasteiger partial charge in [0, 0.05) is 6.07 Å². The molecule has 0 saturated heterocycles. The summed E-state index contributed by atoms with van der Waals surface area (Å²) in [6.45, 7) is 0. The van der Waals surface area contributed by atoms with Gasteiger partial charge in [-0.15, -0.1) is 0 Å². The number of furan rings is 1. The number of esters is 1. The lowest BCUT2D eigenvalue weighted by molar-refractivity contribution is -0.152. The van der Waals surface area contributed by atoms with E-state index in [1.54, 1.807) is 36.4 Å². The SMILES string of the molecule is O=C(Oc1ccc2c(=O)c(-c3cccc4ccccc34)c(C(F)(F)F)oc2c1)c1ccco1. The molecule has 0 aliphatic carbocycles. The highest BCUT2D eigenvalue weighted by Gasteiger charge is 2.39. The van der Waals surface area contributed by atoms with Gasteiger partial charge in [-0.1, -0.05) is 42.5 Å². The standard InChI is InChI=1S/C25H13F3O5/c26-25(27,28)23-21(17-8-3-6-14-5-1-2-7-16(14)17)22(29)18-11-10-15(13-20(18)33-23)32-24(30)19-9-4-12-31-19/h1-13H. The Morgan fingerprint density at radius 3 is 2.42 bits per heavy atom. The molecule has 164 valence electrons. The second-order valence-electron chi connectivity index (χ2n) is 7.18. The van der Waals surface area contributed by atoms with Gasteiger partial charge < -0.3 is 13.6 Å². The number of halogens is 3. The normalized spacial score (nSPS) is 11.7. The molecule has 0 saturated carbocycles. The topological polar surface area (TPSA) is 69.7 Å². The van der Waals surface area contributed by atoms with Crippen molar-refractivity contribution in [2.75, 3.05) is 0 Å². The van der Waals surface area contributed by atoms with Crippen molar-refractivity contribution in [3.05, 3.63) is 101 Å². The van der Waals surface area contributed by atoms with E-state index in [0.29, 0.717) is 10.8 Å². The van der Waals surface area contributed by atoms with Gasteiger partial charge in [-0.05, 0) is 40.6 Å². The van der Waals surface area contributed by atoms with E-state index in [1.165, 1.54) is 36.6 Å². The summed E-state index contributed by atoms with van der Waals surface area (Å²) in [6, 6.07) is 18.1. The number of hydrogen-bond donors (Lipinski definition) is 0. The van der Waals surface area contributed by atoms with E-state index in [-0.39, 0.29) is 28.0 Å². The fourth-order valence-electron chi connectivity index (χ4n) is 3.68. The first-order valence-electron chi connectivity index (χ1n) is 9.75. The fraction of sp³-hybridized carbons (Fsp3) is 0.0400. The van der Waals surface area contributed by atoms with Crippen LogP contribution in [0.5, 0.6) is 5.75 Å². The zero-order valence-electron chi connectivity index (χ0n) is 16.7. The zero-order valence-corrected chi connectivity index (χ0v) is 16.7. The molecule has 0 unspecified atom stereocenters. The van der Waals surface area contributed by atoms with Crippen molar-refractivity contribution in [1.82, 2.24) is 0 Å². The molecule has 2 heterocycles. The first kappa shape index (κ1) is 20.6. The van der Waals surface area contributed by atoms with E-state index in [1.807, 2.05) is 0 Å². The molecule has 5 nitrogen and oxygen atoms in total. The predicted octanol–water partition coefficient (Wildman–Crippen LogP) is 6.44. The number of rotatable bonds is 3. The lowest BCUT2D eigenvalue weighted by atomic mass is 9.96. The predicted molar refractivity (Wildman–Crippen MR) is 114 cm³/mol. The summed E-state index contributed by atoms with van der Waals surface area (Å²) in [5.41, 5.74) is -1.67. The molecular weight excluding hydrogens is 437 g/mol. The molecule has 5 aromatic rings. The molecule has 0 spiro atoms. The Kier molecular flexibility index (Phi) is 4.78. The van der Waals surface area contributed by atoms with Gasteiger partial charge in [-0.3, -0.25) is 4.79 Å². The molecule has 0 aliphatic heterocycles. The lowest BCUT2D eigenvalue weighted by Crippen LogP contribution is -2.16. The molecule has 33 heavy (non-hydrogen) atoms. The highest BCUT2D eigenvalue weighted by atomic mass is 19.4. The molecule has 0 aliphatic rings. The van der Waals surface area contributed by atoms with Gasteiger partial charge in [0.05, 0.1) is 17.2 Å². The number of alkyl halides is 3. The molecule has 3 aromatic carbocycles. The first-order chi connectivity index (χ1) is 15.8. The molecular formula is C25H13F3O5. The van der Waals surface area contributed by atoms with Crippen LogP contribution in [-0.4, -0.2) is 5.97 Å². The van der Waals surface area contributed by atoms with Crippen LogP contribution in [0.4, 0.5) is 13.2 Å². The number of hydrogen-bond acceptors (Lipinski definition) is 5. The highest BCUT2D eigenvalue weighted by molar-refractivity contribution is 5.98. The van der Waals surface area contributed by atoms with E-state index in [2.05, 4.69) is 0 Å². The Hall–Kier alpha value is -4.33. The third kappa shape index (κ3) is 3.65. The number of carbonyl (C=O) groups excluding carboxylic acids is 1. The summed E-state index contributed by atoms with van der Waals surface area (Å²) >= 11 is 0. The smallest absolute Gasteiger partial charge is 0.450 e. The Bertz CT molecular complexity index is 1560. The van der Waals surface area contributed by atoms with Crippen molar-refractivity contribution in [2.45, 2.75) is 6.18 Å². The van der Waals surface area contributed by atoms with Crippen molar-refractivity contribution in [3.63, 3.8) is 0 Å². The molecule has 0 fully saturated rings. The molecule has 0 atom stereocenters. The Balaban J connectivity index is 1.71. The van der Waals surface area contributed by atoms with Crippen molar-refractivity contribution >= 4 is 27.7 Å². The van der Waals surface area contributed by atoms with Crippen LogP contribution in [0.25, 0.3) is 32.9 Å². The second kappa shape index (κ2) is 7.67. The van der Waals surface area contributed by atoms with Crippen molar-refractivity contribution in [2.24, 2.45) is 0 Å². The highest BCUT2D eigenvalue weighted by Crippen LogP contribution is 2.39. The minimum absolute atomic E-state index is 0.0799. The van der Waals surface area contributed by atoms with Gasteiger partial charge in [-0.2, -0.15) is 13.2 Å². The summed E-state index contributed by atoms with van der Waals surface area (Å²) in [7, 11) is 0. The summed E-state index contributed by atoms with van der Waals surface area (Å²) in [4.78, 5) is 25.4. The third-order valence-corrected chi connectivity index (χ3v) is 5.11. The third-order valence-electron chi connectivity index (χ3n) is 5.11. The van der Waals surface area contributed by atoms with E-state index >= 15 is 0 Å². The Morgan fingerprint density at radius 1 is 0.879 bits per heavy atom. The van der Waals surface area contributed by atoms with Crippen LogP contribution in [0.2, 0.25) is 0 Å². The largest absolute Gasteiger partial charge is 0.457 e. The Morgan fingerprint density at radius 2 is 1.67 bits per heavy atom. The van der Waals surface area contributed by atoms with Crippen LogP contribution in [0.3, 0.4) is 0 Å². The molecule has 5 rings (SSSR count). The minimum atomic E-state index is -4.94. The van der Waals surface area contributed by atoms with E-state index in [0.717, 1.165) is 6.07 Å². The quantitative estimate of drug-likeness (QED) is 0.234. The minimum Gasteiger partial charge on any atom is -0.457 e. The van der Waals surface area contributed by atoms with Crippen LogP contribution in [0.15, 0.2) is 92.7 Å². The summed E-state index contributed by atoms with van der Waals surface area (Å²) < 4.78 is 57.3. The number of ether oxygens (including phenoxy) is 1. The maximum Gasteiger partial charge on any atom is 0.450 e. The maximum atomic E-state index is 14.0. The monoisotopic (exact) mass is 450 g/mol. The van der Waals surface area contributed by atoms with Gasteiger partial charge >= 0.3 is 12.1 Å². The van der Waals surface area contributed by atoms with Gasteiger partial charge in [0.1, 0.15) is 11.3 Å².